The Morgan fingerprint density at radius 3 is 2.27 bits per heavy atom. The van der Waals surface area contributed by atoms with Gasteiger partial charge in [-0.15, -0.1) is 11.3 Å². The molecule has 0 saturated carbocycles. The van der Waals surface area contributed by atoms with Gasteiger partial charge in [-0.2, -0.15) is 0 Å². The number of nitrogens with one attached hydrogen (secondary N) is 3. The first-order valence-electron chi connectivity index (χ1n) is 16.7. The zero-order valence-electron chi connectivity index (χ0n) is 27.7. The van der Waals surface area contributed by atoms with Gasteiger partial charge in [0.1, 0.15) is 29.9 Å². The van der Waals surface area contributed by atoms with Crippen LogP contribution in [0, 0.1) is 0 Å². The van der Waals surface area contributed by atoms with Crippen LogP contribution in [-0.2, 0) is 36.8 Å². The van der Waals surface area contributed by atoms with Gasteiger partial charge in [-0.25, -0.2) is 4.79 Å². The predicted molar refractivity (Wildman–Crippen MR) is 193 cm³/mol. The topological polar surface area (TPSA) is 154 Å². The Morgan fingerprint density at radius 1 is 0.863 bits per heavy atom. The fraction of sp³-hybridized carbons (Fsp3) is 0.256. The molecule has 7 rings (SSSR count). The number of rotatable bonds is 6. The Balaban J connectivity index is 1.34. The van der Waals surface area contributed by atoms with E-state index < -0.39 is 60.4 Å². The van der Waals surface area contributed by atoms with Crippen LogP contribution in [0.2, 0.25) is 0 Å². The van der Waals surface area contributed by atoms with Gasteiger partial charge >= 0.3 is 5.97 Å². The molecule has 4 aromatic rings. The van der Waals surface area contributed by atoms with Crippen LogP contribution >= 0.6 is 11.3 Å². The molecule has 3 aliphatic rings. The summed E-state index contributed by atoms with van der Waals surface area (Å²) in [6.07, 6.45) is 0.928. The molecule has 0 aliphatic carbocycles. The van der Waals surface area contributed by atoms with Gasteiger partial charge in [-0.1, -0.05) is 79.4 Å². The largest absolute Gasteiger partial charge is 0.484 e. The van der Waals surface area contributed by atoms with Crippen molar-refractivity contribution in [3.8, 4) is 16.9 Å². The highest BCUT2D eigenvalue weighted by Gasteiger charge is 2.40. The number of carbonyl (C=O) groups is 5. The monoisotopic (exact) mass is 706 g/mol. The summed E-state index contributed by atoms with van der Waals surface area (Å²) >= 11 is 1.35. The van der Waals surface area contributed by atoms with Crippen LogP contribution < -0.4 is 20.7 Å². The fourth-order valence-electron chi connectivity index (χ4n) is 6.35. The van der Waals surface area contributed by atoms with Crippen molar-refractivity contribution in [1.82, 2.24) is 20.9 Å². The lowest BCUT2D eigenvalue weighted by Gasteiger charge is -2.30. The molecule has 4 atom stereocenters. The molecule has 1 saturated heterocycles. The predicted octanol–water partition coefficient (Wildman–Crippen LogP) is 3.84. The number of hydrogen-bond acceptors (Lipinski definition) is 7. The first kappa shape index (κ1) is 35.1. The van der Waals surface area contributed by atoms with Crippen molar-refractivity contribution < 1.29 is 33.8 Å². The SMILES string of the molecule is C=C(c1cccs1)[C@@H]1NC(=O)COc2ccc(cc2)C[C@@H](C(=O)O)NC(=O)[C@@H]2CCCN2C(=O)[C@@H](Cc2ccc(-c3ccccc3)cc2)NC1=O. The van der Waals surface area contributed by atoms with Crippen molar-refractivity contribution in [2.75, 3.05) is 13.2 Å². The van der Waals surface area contributed by atoms with Crippen LogP contribution in [0.3, 0.4) is 0 Å². The van der Waals surface area contributed by atoms with Crippen molar-refractivity contribution in [2.24, 2.45) is 0 Å². The molecule has 0 spiro atoms. The summed E-state index contributed by atoms with van der Waals surface area (Å²) in [7, 11) is 0. The van der Waals surface area contributed by atoms with Gasteiger partial charge in [0, 0.05) is 24.3 Å². The number of thiophene rings is 1. The Labute approximate surface area is 299 Å². The second-order valence-corrected chi connectivity index (χ2v) is 13.5. The van der Waals surface area contributed by atoms with E-state index in [2.05, 4.69) is 22.5 Å². The fourth-order valence-corrected chi connectivity index (χ4v) is 7.08. The number of nitrogens with zero attached hydrogens (tertiary/aromatic N) is 1. The van der Waals surface area contributed by atoms with Crippen LogP contribution in [0.1, 0.15) is 28.8 Å². The van der Waals surface area contributed by atoms with E-state index in [9.17, 15) is 29.1 Å². The first-order chi connectivity index (χ1) is 24.7. The van der Waals surface area contributed by atoms with Gasteiger partial charge < -0.3 is 30.7 Å². The molecule has 1 aromatic heterocycles. The Hall–Kier alpha value is -5.75. The Bertz CT molecular complexity index is 1900. The molecule has 4 amide bonds. The first-order valence-corrected chi connectivity index (χ1v) is 17.6. The third-order valence-corrected chi connectivity index (χ3v) is 10.0. The van der Waals surface area contributed by atoms with Crippen molar-refractivity contribution >= 4 is 46.5 Å². The van der Waals surface area contributed by atoms with E-state index in [1.807, 2.05) is 60.0 Å². The lowest BCUT2D eigenvalue weighted by molar-refractivity contribution is -0.144. The van der Waals surface area contributed by atoms with Crippen molar-refractivity contribution in [3.63, 3.8) is 0 Å². The number of amides is 4. The number of fused-ring (bicyclic) bond motifs is 13. The number of carbonyl (C=O) groups excluding carboxylic acids is 4. The highest BCUT2D eigenvalue weighted by Crippen LogP contribution is 2.25. The number of carboxylic acid groups (broad SMARTS) is 1. The van der Waals surface area contributed by atoms with Crippen molar-refractivity contribution in [1.29, 1.82) is 0 Å². The maximum atomic E-state index is 14.4. The van der Waals surface area contributed by atoms with Gasteiger partial charge in [0.05, 0.1) is 0 Å². The summed E-state index contributed by atoms with van der Waals surface area (Å²) in [4.78, 5) is 69.7. The number of aliphatic carboxylic acids is 1. The normalized spacial score (nSPS) is 21.6. The molecular formula is C39H38N4O7S. The third kappa shape index (κ3) is 8.53. The highest BCUT2D eigenvalue weighted by molar-refractivity contribution is 7.11. The molecule has 1 fully saturated rings. The Kier molecular flexibility index (Phi) is 10.9. The molecule has 2 bridgehead atoms. The van der Waals surface area contributed by atoms with Gasteiger partial charge in [0.25, 0.3) is 5.91 Å². The van der Waals surface area contributed by atoms with E-state index >= 15 is 0 Å². The minimum Gasteiger partial charge on any atom is -0.484 e. The molecule has 4 heterocycles. The van der Waals surface area contributed by atoms with Gasteiger partial charge in [-0.05, 0) is 64.2 Å². The third-order valence-electron chi connectivity index (χ3n) is 9.06. The summed E-state index contributed by atoms with van der Waals surface area (Å²) < 4.78 is 5.67. The van der Waals surface area contributed by atoms with Gasteiger partial charge in [0.15, 0.2) is 6.61 Å². The maximum Gasteiger partial charge on any atom is 0.326 e. The molecule has 3 aliphatic heterocycles. The Morgan fingerprint density at radius 2 is 1.59 bits per heavy atom. The number of benzene rings is 3. The molecule has 11 nitrogen and oxygen atoms in total. The smallest absolute Gasteiger partial charge is 0.326 e. The second kappa shape index (κ2) is 15.9. The average molecular weight is 707 g/mol. The zero-order valence-corrected chi connectivity index (χ0v) is 28.6. The van der Waals surface area contributed by atoms with E-state index in [0.717, 1.165) is 16.7 Å². The minimum absolute atomic E-state index is 0.00727. The summed E-state index contributed by atoms with van der Waals surface area (Å²) in [5.74, 6) is -3.19. The molecule has 262 valence electrons. The quantitative estimate of drug-likeness (QED) is 0.222. The van der Waals surface area contributed by atoms with E-state index in [1.165, 1.54) is 16.2 Å². The van der Waals surface area contributed by atoms with Crippen LogP contribution in [0.25, 0.3) is 16.7 Å². The summed E-state index contributed by atoms with van der Waals surface area (Å²) in [6, 6.07) is 23.0. The molecule has 3 aromatic carbocycles. The molecule has 4 N–H and O–H groups in total. The van der Waals surface area contributed by atoms with E-state index in [1.54, 1.807) is 36.4 Å². The van der Waals surface area contributed by atoms with Gasteiger partial charge in [0.2, 0.25) is 17.7 Å². The van der Waals surface area contributed by atoms with Crippen LogP contribution in [0.4, 0.5) is 0 Å². The standard InChI is InChI=1S/C39H38N4O7S/c1-24(33-10-6-20-51-33)35-37(46)40-30(21-25-11-15-28(16-12-25)27-7-3-2-4-8-27)38(47)43-19-5-9-32(43)36(45)41-31(39(48)49)22-26-13-17-29(18-14-26)50-23-34(44)42-35/h2-4,6-8,10-18,20,30-32,35H,1,5,9,19,21-23H2,(H,40,46)(H,41,45)(H,42,44)(H,48,49)/t30-,31+,32+,35+/m1/s1. The number of carboxylic acids is 1. The maximum absolute atomic E-state index is 14.4. The lowest BCUT2D eigenvalue weighted by atomic mass is 9.99. The number of ether oxygens (including phenoxy) is 1. The summed E-state index contributed by atoms with van der Waals surface area (Å²) in [6.45, 7) is 3.95. The molecular weight excluding hydrogens is 669 g/mol. The van der Waals surface area contributed by atoms with Crippen molar-refractivity contribution in [3.05, 3.63) is 119 Å². The van der Waals surface area contributed by atoms with Gasteiger partial charge in [-0.3, -0.25) is 19.2 Å². The van der Waals surface area contributed by atoms with E-state index in [0.29, 0.717) is 34.6 Å². The highest BCUT2D eigenvalue weighted by atomic mass is 32.1. The molecule has 0 radical (unpaired) electrons. The average Bonchev–Trinajstić information content (AvgIpc) is 3.86. The molecule has 51 heavy (non-hydrogen) atoms. The zero-order chi connectivity index (χ0) is 35.9. The van der Waals surface area contributed by atoms with Crippen LogP contribution in [0.5, 0.6) is 5.75 Å². The molecule has 0 unspecified atom stereocenters. The number of hydrogen-bond donors (Lipinski definition) is 4. The summed E-state index contributed by atoms with van der Waals surface area (Å²) in [5.41, 5.74) is 3.72. The van der Waals surface area contributed by atoms with Crippen LogP contribution in [-0.4, -0.2) is 76.9 Å². The van der Waals surface area contributed by atoms with E-state index in [-0.39, 0.29) is 19.4 Å². The van der Waals surface area contributed by atoms with Crippen molar-refractivity contribution in [2.45, 2.75) is 49.9 Å². The minimum atomic E-state index is -1.25. The second-order valence-electron chi connectivity index (χ2n) is 12.6. The lowest BCUT2D eigenvalue weighted by Crippen LogP contribution is -2.58. The summed E-state index contributed by atoms with van der Waals surface area (Å²) in [5, 5.41) is 20.0. The van der Waals surface area contributed by atoms with E-state index in [4.69, 9.17) is 4.74 Å². The van der Waals surface area contributed by atoms with Crippen LogP contribution in [0.15, 0.2) is 103 Å². The molecule has 12 heteroatoms.